The van der Waals surface area contributed by atoms with Crippen molar-refractivity contribution in [3.8, 4) is 5.75 Å². The molecule has 6 nitrogen and oxygen atoms in total. The van der Waals surface area contributed by atoms with Crippen LogP contribution in [0.25, 0.3) is 0 Å². The molecule has 0 spiro atoms. The molecule has 2 aliphatic carbocycles. The van der Waals surface area contributed by atoms with E-state index in [1.54, 1.807) is 36.4 Å². The highest BCUT2D eigenvalue weighted by Gasteiger charge is 2.24. The quantitative estimate of drug-likeness (QED) is 0.293. The van der Waals surface area contributed by atoms with Gasteiger partial charge in [-0.3, -0.25) is 4.79 Å². The first kappa shape index (κ1) is 24.2. The predicted octanol–water partition coefficient (Wildman–Crippen LogP) is 7.62. The van der Waals surface area contributed by atoms with Gasteiger partial charge in [0.15, 0.2) is 0 Å². The average molecular weight is 505 g/mol. The maximum Gasteiger partial charge on any atom is 0.337 e. The summed E-state index contributed by atoms with van der Waals surface area (Å²) in [5, 5.41) is 16.2. The highest BCUT2D eigenvalue weighted by Crippen LogP contribution is 2.36. The third-order valence-corrected chi connectivity index (χ3v) is 7.08. The SMILES string of the molecule is O=C(Nc1ccc(C2CCCCC2)cc1Cl)c1cccc(Nc2ccc(OC3CC3)cc2C(=O)O)c1. The summed E-state index contributed by atoms with van der Waals surface area (Å²) in [6.45, 7) is 0. The summed E-state index contributed by atoms with van der Waals surface area (Å²) in [4.78, 5) is 24.8. The number of nitrogens with one attached hydrogen (secondary N) is 2. The number of halogens is 1. The van der Waals surface area contributed by atoms with Crippen molar-refractivity contribution in [2.24, 2.45) is 0 Å². The molecule has 0 bridgehead atoms. The molecule has 3 N–H and O–H groups in total. The molecule has 0 unspecified atom stereocenters. The van der Waals surface area contributed by atoms with Crippen LogP contribution in [0.15, 0.2) is 60.7 Å². The third kappa shape index (κ3) is 5.82. The van der Waals surface area contributed by atoms with Crippen LogP contribution in [0, 0.1) is 0 Å². The minimum absolute atomic E-state index is 0.104. The van der Waals surface area contributed by atoms with E-state index in [9.17, 15) is 14.7 Å². The molecule has 3 aromatic rings. The normalized spacial score (nSPS) is 15.8. The molecule has 0 radical (unpaired) electrons. The van der Waals surface area contributed by atoms with Crippen molar-refractivity contribution in [2.75, 3.05) is 10.6 Å². The van der Waals surface area contributed by atoms with E-state index < -0.39 is 5.97 Å². The zero-order chi connectivity index (χ0) is 25.1. The van der Waals surface area contributed by atoms with Crippen molar-refractivity contribution < 1.29 is 19.4 Å². The van der Waals surface area contributed by atoms with Gasteiger partial charge in [0.25, 0.3) is 5.91 Å². The van der Waals surface area contributed by atoms with Gasteiger partial charge in [-0.2, -0.15) is 0 Å². The highest BCUT2D eigenvalue weighted by atomic mass is 35.5. The molecule has 0 heterocycles. The van der Waals surface area contributed by atoms with Crippen molar-refractivity contribution in [1.82, 2.24) is 0 Å². The Morgan fingerprint density at radius 2 is 1.67 bits per heavy atom. The fraction of sp³-hybridized carbons (Fsp3) is 0.310. The molecular formula is C29H29ClN2O4. The maximum absolute atomic E-state index is 13.0. The van der Waals surface area contributed by atoms with Crippen LogP contribution in [0.5, 0.6) is 5.75 Å². The smallest absolute Gasteiger partial charge is 0.337 e. The Hall–Kier alpha value is -3.51. The summed E-state index contributed by atoms with van der Waals surface area (Å²) in [5.74, 6) is -0.273. The lowest BCUT2D eigenvalue weighted by Crippen LogP contribution is -2.13. The third-order valence-electron chi connectivity index (χ3n) is 6.77. The van der Waals surface area contributed by atoms with E-state index in [0.29, 0.717) is 39.3 Å². The number of carbonyl (C=O) groups is 2. The molecule has 7 heteroatoms. The molecule has 3 aromatic carbocycles. The molecule has 0 aromatic heterocycles. The second-order valence-corrected chi connectivity index (χ2v) is 9.97. The molecular weight excluding hydrogens is 476 g/mol. The number of carbonyl (C=O) groups excluding carboxylic acids is 1. The number of benzene rings is 3. The highest BCUT2D eigenvalue weighted by molar-refractivity contribution is 6.34. The zero-order valence-electron chi connectivity index (χ0n) is 19.9. The second-order valence-electron chi connectivity index (χ2n) is 9.56. The Labute approximate surface area is 215 Å². The van der Waals surface area contributed by atoms with E-state index in [1.165, 1.54) is 43.7 Å². The maximum atomic E-state index is 13.0. The Kier molecular flexibility index (Phi) is 7.14. The van der Waals surface area contributed by atoms with Gasteiger partial charge in [-0.05, 0) is 85.7 Å². The Morgan fingerprint density at radius 3 is 2.39 bits per heavy atom. The van der Waals surface area contributed by atoms with E-state index >= 15 is 0 Å². The Morgan fingerprint density at radius 1 is 0.889 bits per heavy atom. The molecule has 1 amide bonds. The molecule has 5 rings (SSSR count). The van der Waals surface area contributed by atoms with Crippen LogP contribution in [0.2, 0.25) is 5.02 Å². The van der Waals surface area contributed by atoms with Gasteiger partial charge >= 0.3 is 5.97 Å². The van der Waals surface area contributed by atoms with Gasteiger partial charge in [0, 0.05) is 11.3 Å². The second kappa shape index (κ2) is 10.6. The van der Waals surface area contributed by atoms with Gasteiger partial charge in [0.1, 0.15) is 5.75 Å². The molecule has 0 aliphatic heterocycles. The fourth-order valence-corrected chi connectivity index (χ4v) is 4.91. The van der Waals surface area contributed by atoms with Crippen molar-refractivity contribution in [3.05, 3.63) is 82.4 Å². The minimum Gasteiger partial charge on any atom is -0.490 e. The van der Waals surface area contributed by atoms with E-state index in [4.69, 9.17) is 16.3 Å². The van der Waals surface area contributed by atoms with E-state index in [0.717, 1.165) is 12.8 Å². The van der Waals surface area contributed by atoms with Gasteiger partial charge in [-0.15, -0.1) is 0 Å². The van der Waals surface area contributed by atoms with Crippen LogP contribution in [0.3, 0.4) is 0 Å². The van der Waals surface area contributed by atoms with Crippen LogP contribution in [0.1, 0.15) is 77.1 Å². The number of aromatic carboxylic acids is 1. The Balaban J connectivity index is 1.29. The van der Waals surface area contributed by atoms with Gasteiger partial charge in [0.05, 0.1) is 28.1 Å². The molecule has 2 saturated carbocycles. The van der Waals surface area contributed by atoms with Crippen LogP contribution in [-0.2, 0) is 0 Å². The number of amides is 1. The number of carboxylic acids is 1. The lowest BCUT2D eigenvalue weighted by atomic mass is 9.84. The minimum atomic E-state index is -1.06. The molecule has 2 aliphatic rings. The largest absolute Gasteiger partial charge is 0.490 e. The van der Waals surface area contributed by atoms with Crippen LogP contribution in [0.4, 0.5) is 17.1 Å². The number of carboxylic acid groups (broad SMARTS) is 1. The van der Waals surface area contributed by atoms with Crippen LogP contribution >= 0.6 is 11.6 Å². The van der Waals surface area contributed by atoms with Crippen molar-refractivity contribution >= 4 is 40.5 Å². The summed E-state index contributed by atoms with van der Waals surface area (Å²) in [5.41, 5.74) is 3.35. The predicted molar refractivity (Wildman–Crippen MR) is 142 cm³/mol. The van der Waals surface area contributed by atoms with Crippen LogP contribution < -0.4 is 15.4 Å². The van der Waals surface area contributed by atoms with Gasteiger partial charge in [-0.25, -0.2) is 4.79 Å². The topological polar surface area (TPSA) is 87.7 Å². The molecule has 0 saturated heterocycles. The first-order chi connectivity index (χ1) is 17.5. The first-order valence-corrected chi connectivity index (χ1v) is 12.9. The van der Waals surface area contributed by atoms with Gasteiger partial charge in [-0.1, -0.05) is 43.0 Å². The number of anilines is 3. The number of hydrogen-bond acceptors (Lipinski definition) is 4. The molecule has 0 atom stereocenters. The van der Waals surface area contributed by atoms with Crippen molar-refractivity contribution in [2.45, 2.75) is 57.0 Å². The van der Waals surface area contributed by atoms with Crippen molar-refractivity contribution in [1.29, 1.82) is 0 Å². The van der Waals surface area contributed by atoms with Crippen LogP contribution in [-0.4, -0.2) is 23.1 Å². The monoisotopic (exact) mass is 504 g/mol. The molecule has 186 valence electrons. The summed E-state index contributed by atoms with van der Waals surface area (Å²) in [6.07, 6.45) is 8.32. The number of hydrogen-bond donors (Lipinski definition) is 3. The summed E-state index contributed by atoms with van der Waals surface area (Å²) in [7, 11) is 0. The Bertz CT molecular complexity index is 1280. The summed E-state index contributed by atoms with van der Waals surface area (Å²) < 4.78 is 5.72. The average Bonchev–Trinajstić information content (AvgIpc) is 3.71. The first-order valence-electron chi connectivity index (χ1n) is 12.5. The number of rotatable bonds is 8. The zero-order valence-corrected chi connectivity index (χ0v) is 20.7. The molecule has 2 fully saturated rings. The van der Waals surface area contributed by atoms with E-state index in [1.807, 2.05) is 12.1 Å². The van der Waals surface area contributed by atoms with Gasteiger partial charge in [0.2, 0.25) is 0 Å². The fourth-order valence-electron chi connectivity index (χ4n) is 4.67. The summed E-state index contributed by atoms with van der Waals surface area (Å²) in [6, 6.07) is 17.8. The van der Waals surface area contributed by atoms with Gasteiger partial charge < -0.3 is 20.5 Å². The summed E-state index contributed by atoms with van der Waals surface area (Å²) >= 11 is 6.52. The number of ether oxygens (including phenoxy) is 1. The molecule has 36 heavy (non-hydrogen) atoms. The van der Waals surface area contributed by atoms with E-state index in [-0.39, 0.29) is 17.6 Å². The van der Waals surface area contributed by atoms with E-state index in [2.05, 4.69) is 16.7 Å². The lowest BCUT2D eigenvalue weighted by molar-refractivity contribution is 0.0697. The van der Waals surface area contributed by atoms with Crippen molar-refractivity contribution in [3.63, 3.8) is 0 Å². The lowest BCUT2D eigenvalue weighted by Gasteiger charge is -2.22. The standard InChI is InChI=1S/C29H29ClN2O4/c30-25-16-19(18-5-2-1-3-6-18)9-13-27(25)32-28(33)20-7-4-8-21(15-20)31-26-14-12-23(36-22-10-11-22)17-24(26)29(34)35/h4,7-9,12-18,22,31H,1-3,5-6,10-11H2,(H,32,33)(H,34,35).